The lowest BCUT2D eigenvalue weighted by molar-refractivity contribution is -0.118. The molecule has 1 saturated heterocycles. The number of ether oxygens (including phenoxy) is 1. The third-order valence-corrected chi connectivity index (χ3v) is 5.18. The fourth-order valence-electron chi connectivity index (χ4n) is 3.01. The van der Waals surface area contributed by atoms with Crippen molar-refractivity contribution < 1.29 is 14.1 Å². The highest BCUT2D eigenvalue weighted by Crippen LogP contribution is 2.29. The maximum absolute atomic E-state index is 12.3. The van der Waals surface area contributed by atoms with Gasteiger partial charge in [0.1, 0.15) is 5.75 Å². The number of benzene rings is 1. The van der Waals surface area contributed by atoms with Gasteiger partial charge in [-0.1, -0.05) is 23.4 Å². The normalized spacial score (nSPS) is 14.7. The van der Waals surface area contributed by atoms with Crippen LogP contribution in [0, 0.1) is 0 Å². The summed E-state index contributed by atoms with van der Waals surface area (Å²) in [7, 11) is 0. The standard InChI is InChI=1S/C19H20N4O3S/c1-2-25-15-7-4-3-6-14(15)20-17(24)12-23-10-13(11-23)19-21-18(22-26-19)16-8-5-9-27-16/h3-9,13H,2,10-12H2,1H3,(H,20,24). The van der Waals surface area contributed by atoms with Crippen LogP contribution in [0.3, 0.4) is 0 Å². The van der Waals surface area contributed by atoms with Crippen molar-refractivity contribution in [1.29, 1.82) is 0 Å². The van der Waals surface area contributed by atoms with Crippen LogP contribution in [0.25, 0.3) is 10.7 Å². The predicted octanol–water partition coefficient (Wildman–Crippen LogP) is 3.23. The summed E-state index contributed by atoms with van der Waals surface area (Å²) in [6.07, 6.45) is 0. The number of anilines is 1. The van der Waals surface area contributed by atoms with Crippen molar-refractivity contribution in [3.63, 3.8) is 0 Å². The molecule has 0 spiro atoms. The van der Waals surface area contributed by atoms with Gasteiger partial charge in [-0.15, -0.1) is 11.3 Å². The van der Waals surface area contributed by atoms with Crippen LogP contribution in [0.2, 0.25) is 0 Å². The highest BCUT2D eigenvalue weighted by molar-refractivity contribution is 7.13. The molecule has 3 heterocycles. The molecule has 4 rings (SSSR count). The first kappa shape index (κ1) is 17.7. The Labute approximate surface area is 161 Å². The molecular formula is C19H20N4O3S. The number of hydrogen-bond donors (Lipinski definition) is 1. The number of carbonyl (C=O) groups is 1. The van der Waals surface area contributed by atoms with E-state index in [2.05, 4.69) is 20.4 Å². The van der Waals surface area contributed by atoms with Gasteiger partial charge in [0.2, 0.25) is 17.6 Å². The Morgan fingerprint density at radius 1 is 1.33 bits per heavy atom. The first-order valence-electron chi connectivity index (χ1n) is 8.84. The molecule has 3 aromatic rings. The van der Waals surface area contributed by atoms with E-state index in [4.69, 9.17) is 9.26 Å². The number of likely N-dealkylation sites (tertiary alicyclic amines) is 1. The van der Waals surface area contributed by atoms with Gasteiger partial charge in [0.05, 0.1) is 29.6 Å². The monoisotopic (exact) mass is 384 g/mol. The van der Waals surface area contributed by atoms with E-state index in [-0.39, 0.29) is 11.8 Å². The molecule has 1 fully saturated rings. The Morgan fingerprint density at radius 3 is 2.96 bits per heavy atom. The second-order valence-electron chi connectivity index (χ2n) is 6.30. The van der Waals surface area contributed by atoms with Crippen molar-refractivity contribution in [2.24, 2.45) is 0 Å². The number of thiophene rings is 1. The summed E-state index contributed by atoms with van der Waals surface area (Å²) in [4.78, 5) is 19.8. The Balaban J connectivity index is 1.29. The second-order valence-corrected chi connectivity index (χ2v) is 7.25. The van der Waals surface area contributed by atoms with Crippen LogP contribution in [0.15, 0.2) is 46.3 Å². The molecule has 0 unspecified atom stereocenters. The van der Waals surface area contributed by atoms with E-state index in [0.29, 0.717) is 36.3 Å². The SMILES string of the molecule is CCOc1ccccc1NC(=O)CN1CC(c2nc(-c3cccs3)no2)C1. The van der Waals surface area contributed by atoms with E-state index in [0.717, 1.165) is 18.0 Å². The van der Waals surface area contributed by atoms with E-state index in [1.807, 2.05) is 48.7 Å². The molecule has 8 heteroatoms. The minimum absolute atomic E-state index is 0.0644. The zero-order valence-electron chi connectivity index (χ0n) is 14.9. The summed E-state index contributed by atoms with van der Waals surface area (Å²) < 4.78 is 10.9. The van der Waals surface area contributed by atoms with Gasteiger partial charge in [-0.2, -0.15) is 4.98 Å². The maximum atomic E-state index is 12.3. The Hall–Kier alpha value is -2.71. The highest BCUT2D eigenvalue weighted by atomic mass is 32.1. The molecule has 7 nitrogen and oxygen atoms in total. The largest absolute Gasteiger partial charge is 0.492 e. The lowest BCUT2D eigenvalue weighted by Gasteiger charge is -2.36. The summed E-state index contributed by atoms with van der Waals surface area (Å²) in [5.41, 5.74) is 0.693. The van der Waals surface area contributed by atoms with Crippen LogP contribution in [0.4, 0.5) is 5.69 Å². The Kier molecular flexibility index (Phi) is 5.17. The van der Waals surface area contributed by atoms with Crippen LogP contribution >= 0.6 is 11.3 Å². The van der Waals surface area contributed by atoms with Crippen molar-refractivity contribution in [2.75, 3.05) is 31.6 Å². The maximum Gasteiger partial charge on any atom is 0.238 e. The minimum atomic E-state index is -0.0644. The molecule has 0 radical (unpaired) electrons. The lowest BCUT2D eigenvalue weighted by atomic mass is 10.0. The third-order valence-electron chi connectivity index (χ3n) is 4.32. The number of para-hydroxylation sites is 2. The number of nitrogens with one attached hydrogen (secondary N) is 1. The summed E-state index contributed by atoms with van der Waals surface area (Å²) in [6.45, 7) is 4.25. The minimum Gasteiger partial charge on any atom is -0.492 e. The zero-order chi connectivity index (χ0) is 18.6. The summed E-state index contributed by atoms with van der Waals surface area (Å²) in [6, 6.07) is 11.4. The molecule has 1 aliphatic heterocycles. The van der Waals surface area contributed by atoms with E-state index in [1.165, 1.54) is 0 Å². The van der Waals surface area contributed by atoms with Crippen molar-refractivity contribution in [1.82, 2.24) is 15.0 Å². The van der Waals surface area contributed by atoms with Gasteiger partial charge in [-0.25, -0.2) is 0 Å². The van der Waals surface area contributed by atoms with Gasteiger partial charge in [0.25, 0.3) is 0 Å². The lowest BCUT2D eigenvalue weighted by Crippen LogP contribution is -2.48. The molecule has 0 bridgehead atoms. The number of hydrogen-bond acceptors (Lipinski definition) is 7. The number of nitrogens with zero attached hydrogens (tertiary/aromatic N) is 3. The number of rotatable bonds is 7. The highest BCUT2D eigenvalue weighted by Gasteiger charge is 2.33. The molecule has 0 saturated carbocycles. The van der Waals surface area contributed by atoms with E-state index in [9.17, 15) is 4.79 Å². The first-order valence-corrected chi connectivity index (χ1v) is 9.72. The molecule has 2 aromatic heterocycles. The van der Waals surface area contributed by atoms with Crippen LogP contribution in [0.1, 0.15) is 18.7 Å². The molecule has 0 atom stereocenters. The van der Waals surface area contributed by atoms with Crippen molar-refractivity contribution in [3.05, 3.63) is 47.7 Å². The molecule has 0 aliphatic carbocycles. The van der Waals surface area contributed by atoms with Crippen molar-refractivity contribution in [3.8, 4) is 16.5 Å². The quantitative estimate of drug-likeness (QED) is 0.674. The second kappa shape index (κ2) is 7.89. The molecule has 1 amide bonds. The van der Waals surface area contributed by atoms with E-state index in [1.54, 1.807) is 11.3 Å². The van der Waals surface area contributed by atoms with Gasteiger partial charge >= 0.3 is 0 Å². The molecule has 1 aliphatic rings. The molecule has 27 heavy (non-hydrogen) atoms. The van der Waals surface area contributed by atoms with E-state index < -0.39 is 0 Å². The van der Waals surface area contributed by atoms with Gasteiger partial charge < -0.3 is 14.6 Å². The third kappa shape index (κ3) is 4.01. The summed E-state index contributed by atoms with van der Waals surface area (Å²) >= 11 is 1.58. The number of amides is 1. The van der Waals surface area contributed by atoms with Gasteiger partial charge in [-0.05, 0) is 30.5 Å². The van der Waals surface area contributed by atoms with Crippen molar-refractivity contribution in [2.45, 2.75) is 12.8 Å². The summed E-state index contributed by atoms with van der Waals surface area (Å²) in [5.74, 6) is 2.06. The summed E-state index contributed by atoms with van der Waals surface area (Å²) in [5, 5.41) is 8.94. The van der Waals surface area contributed by atoms with Crippen LogP contribution in [-0.4, -0.2) is 47.2 Å². The first-order chi connectivity index (χ1) is 13.2. The predicted molar refractivity (Wildman–Crippen MR) is 103 cm³/mol. The number of aromatic nitrogens is 2. The molecule has 1 aromatic carbocycles. The van der Waals surface area contributed by atoms with Crippen LogP contribution < -0.4 is 10.1 Å². The fraction of sp³-hybridized carbons (Fsp3) is 0.316. The molecular weight excluding hydrogens is 364 g/mol. The fourth-order valence-corrected chi connectivity index (χ4v) is 3.66. The van der Waals surface area contributed by atoms with E-state index >= 15 is 0 Å². The van der Waals surface area contributed by atoms with Crippen LogP contribution in [-0.2, 0) is 4.79 Å². The molecule has 1 N–H and O–H groups in total. The zero-order valence-corrected chi connectivity index (χ0v) is 15.7. The Bertz CT molecular complexity index is 903. The molecule has 140 valence electrons. The van der Waals surface area contributed by atoms with Gasteiger partial charge in [-0.3, -0.25) is 9.69 Å². The smallest absolute Gasteiger partial charge is 0.238 e. The number of carbonyl (C=O) groups excluding carboxylic acids is 1. The average Bonchev–Trinajstić information content (AvgIpc) is 3.31. The Morgan fingerprint density at radius 2 is 2.19 bits per heavy atom. The van der Waals surface area contributed by atoms with Crippen LogP contribution in [0.5, 0.6) is 5.75 Å². The topological polar surface area (TPSA) is 80.5 Å². The van der Waals surface area contributed by atoms with Crippen molar-refractivity contribution >= 4 is 22.9 Å². The van der Waals surface area contributed by atoms with Gasteiger partial charge in [0, 0.05) is 13.1 Å². The average molecular weight is 384 g/mol. The van der Waals surface area contributed by atoms with Gasteiger partial charge in [0.15, 0.2) is 0 Å².